The Kier molecular flexibility index (Phi) is 5.26. The van der Waals surface area contributed by atoms with Crippen molar-refractivity contribution in [3.63, 3.8) is 0 Å². The van der Waals surface area contributed by atoms with Crippen molar-refractivity contribution in [1.82, 2.24) is 10.2 Å². The first-order chi connectivity index (χ1) is 8.29. The molecule has 0 radical (unpaired) electrons. The molecule has 3 atom stereocenters. The van der Waals surface area contributed by atoms with Gasteiger partial charge in [-0.05, 0) is 45.7 Å². The van der Waals surface area contributed by atoms with Gasteiger partial charge in [0.25, 0.3) is 0 Å². The lowest BCUT2D eigenvalue weighted by Crippen LogP contribution is -2.49. The van der Waals surface area contributed by atoms with Crippen LogP contribution in [0.3, 0.4) is 0 Å². The molecule has 1 N–H and O–H groups in total. The Morgan fingerprint density at radius 3 is 2.82 bits per heavy atom. The van der Waals surface area contributed by atoms with E-state index in [1.54, 1.807) is 0 Å². The number of hydrogen-bond donors (Lipinski definition) is 1. The van der Waals surface area contributed by atoms with Crippen molar-refractivity contribution in [3.8, 4) is 0 Å². The van der Waals surface area contributed by atoms with Gasteiger partial charge in [-0.3, -0.25) is 4.90 Å². The molecule has 2 rings (SSSR count). The number of ether oxygens (including phenoxy) is 1. The van der Waals surface area contributed by atoms with Crippen LogP contribution in [0.4, 0.5) is 0 Å². The van der Waals surface area contributed by atoms with Gasteiger partial charge in [0.05, 0.1) is 6.10 Å². The van der Waals surface area contributed by atoms with Crippen molar-refractivity contribution < 1.29 is 4.74 Å². The molecular formula is C14H28N2O. The molecular weight excluding hydrogens is 212 g/mol. The smallest absolute Gasteiger partial charge is 0.0561 e. The molecule has 3 nitrogen and oxygen atoms in total. The second-order valence-corrected chi connectivity index (χ2v) is 5.59. The van der Waals surface area contributed by atoms with E-state index in [0.29, 0.717) is 6.10 Å². The lowest BCUT2D eigenvalue weighted by Gasteiger charge is -2.38. The molecule has 0 aromatic rings. The van der Waals surface area contributed by atoms with Crippen molar-refractivity contribution in [2.24, 2.45) is 0 Å². The Morgan fingerprint density at radius 1 is 1.29 bits per heavy atom. The van der Waals surface area contributed by atoms with E-state index in [4.69, 9.17) is 4.74 Å². The first kappa shape index (κ1) is 13.3. The second kappa shape index (κ2) is 6.72. The Labute approximate surface area is 106 Å². The van der Waals surface area contributed by atoms with Crippen molar-refractivity contribution in [2.75, 3.05) is 26.2 Å². The first-order valence-electron chi connectivity index (χ1n) is 7.38. The van der Waals surface area contributed by atoms with Gasteiger partial charge in [-0.1, -0.05) is 13.3 Å². The summed E-state index contributed by atoms with van der Waals surface area (Å²) in [6, 6.07) is 1.47. The molecule has 3 heteroatoms. The molecule has 100 valence electrons. The van der Waals surface area contributed by atoms with E-state index in [1.165, 1.54) is 51.7 Å². The van der Waals surface area contributed by atoms with E-state index >= 15 is 0 Å². The fraction of sp³-hybridized carbons (Fsp3) is 1.00. The predicted octanol–water partition coefficient (Wildman–Crippen LogP) is 2.02. The fourth-order valence-corrected chi connectivity index (χ4v) is 3.21. The number of rotatable bonds is 4. The van der Waals surface area contributed by atoms with Crippen molar-refractivity contribution in [2.45, 2.75) is 64.1 Å². The molecule has 2 heterocycles. The second-order valence-electron chi connectivity index (χ2n) is 5.59. The molecule has 0 bridgehead atoms. The van der Waals surface area contributed by atoms with Crippen LogP contribution in [0.1, 0.15) is 46.0 Å². The minimum absolute atomic E-state index is 0.446. The van der Waals surface area contributed by atoms with Crippen LogP contribution >= 0.6 is 0 Å². The summed E-state index contributed by atoms with van der Waals surface area (Å²) in [6.45, 7) is 9.07. The van der Waals surface area contributed by atoms with Crippen LogP contribution in [-0.4, -0.2) is 49.3 Å². The first-order valence-corrected chi connectivity index (χ1v) is 7.38. The normalized spacial score (nSPS) is 35.1. The Hall–Kier alpha value is -0.120. The minimum Gasteiger partial charge on any atom is -0.378 e. The average Bonchev–Trinajstić information content (AvgIpc) is 2.37. The number of nitrogens with one attached hydrogen (secondary N) is 1. The summed E-state index contributed by atoms with van der Waals surface area (Å²) in [4.78, 5) is 2.67. The Balaban J connectivity index is 1.82. The van der Waals surface area contributed by atoms with Crippen LogP contribution in [0.5, 0.6) is 0 Å². The summed E-state index contributed by atoms with van der Waals surface area (Å²) in [5.74, 6) is 0. The van der Waals surface area contributed by atoms with Gasteiger partial charge in [-0.2, -0.15) is 0 Å². The van der Waals surface area contributed by atoms with Gasteiger partial charge >= 0.3 is 0 Å². The molecule has 2 saturated heterocycles. The standard InChI is InChI=1S/C14H28N2O/c1-3-16(11-13-6-4-5-8-15-13)14-7-9-17-12(2)10-14/h12-15H,3-11H2,1-2H3. The maximum atomic E-state index is 5.65. The SMILES string of the molecule is CCN(CC1CCCCN1)C1CCOC(C)C1. The van der Waals surface area contributed by atoms with E-state index in [9.17, 15) is 0 Å². The molecule has 0 aromatic heterocycles. The Morgan fingerprint density at radius 2 is 2.18 bits per heavy atom. The molecule has 2 aliphatic rings. The summed E-state index contributed by atoms with van der Waals surface area (Å²) >= 11 is 0. The molecule has 2 fully saturated rings. The highest BCUT2D eigenvalue weighted by atomic mass is 16.5. The summed E-state index contributed by atoms with van der Waals surface area (Å²) in [7, 11) is 0. The van der Waals surface area contributed by atoms with Crippen molar-refractivity contribution in [3.05, 3.63) is 0 Å². The molecule has 3 unspecified atom stereocenters. The maximum absolute atomic E-state index is 5.65. The van der Waals surface area contributed by atoms with Gasteiger partial charge in [0, 0.05) is 25.2 Å². The lowest BCUT2D eigenvalue weighted by atomic mass is 9.99. The summed E-state index contributed by atoms with van der Waals surface area (Å²) < 4.78 is 5.65. The number of nitrogens with zero attached hydrogens (tertiary/aromatic N) is 1. The van der Waals surface area contributed by atoms with Gasteiger partial charge in [0.15, 0.2) is 0 Å². The van der Waals surface area contributed by atoms with Gasteiger partial charge in [-0.15, -0.1) is 0 Å². The minimum atomic E-state index is 0.446. The fourth-order valence-electron chi connectivity index (χ4n) is 3.21. The highest BCUT2D eigenvalue weighted by Crippen LogP contribution is 2.20. The molecule has 0 aliphatic carbocycles. The number of hydrogen-bond acceptors (Lipinski definition) is 3. The topological polar surface area (TPSA) is 24.5 Å². The molecule has 0 amide bonds. The van der Waals surface area contributed by atoms with Gasteiger partial charge in [0.2, 0.25) is 0 Å². The monoisotopic (exact) mass is 240 g/mol. The quantitative estimate of drug-likeness (QED) is 0.813. The van der Waals surface area contributed by atoms with Crippen LogP contribution in [0.2, 0.25) is 0 Å². The zero-order chi connectivity index (χ0) is 12.1. The van der Waals surface area contributed by atoms with Crippen LogP contribution in [0.15, 0.2) is 0 Å². The van der Waals surface area contributed by atoms with E-state index in [1.807, 2.05) is 0 Å². The third-order valence-electron chi connectivity index (χ3n) is 4.25. The largest absolute Gasteiger partial charge is 0.378 e. The van der Waals surface area contributed by atoms with Gasteiger partial charge in [0.1, 0.15) is 0 Å². The van der Waals surface area contributed by atoms with Crippen LogP contribution in [0, 0.1) is 0 Å². The van der Waals surface area contributed by atoms with Crippen LogP contribution < -0.4 is 5.32 Å². The molecule has 0 saturated carbocycles. The van der Waals surface area contributed by atoms with E-state index in [0.717, 1.165) is 18.7 Å². The van der Waals surface area contributed by atoms with Crippen molar-refractivity contribution >= 4 is 0 Å². The van der Waals surface area contributed by atoms with E-state index in [-0.39, 0.29) is 0 Å². The van der Waals surface area contributed by atoms with E-state index < -0.39 is 0 Å². The zero-order valence-electron chi connectivity index (χ0n) is 11.5. The summed E-state index contributed by atoms with van der Waals surface area (Å²) in [6.07, 6.45) is 6.99. The van der Waals surface area contributed by atoms with Crippen LogP contribution in [-0.2, 0) is 4.74 Å². The molecule has 0 aromatic carbocycles. The number of likely N-dealkylation sites (N-methyl/N-ethyl adjacent to an activating group) is 1. The third-order valence-corrected chi connectivity index (χ3v) is 4.25. The maximum Gasteiger partial charge on any atom is 0.0561 e. The Bertz CT molecular complexity index is 216. The average molecular weight is 240 g/mol. The van der Waals surface area contributed by atoms with Gasteiger partial charge < -0.3 is 10.1 Å². The zero-order valence-corrected chi connectivity index (χ0v) is 11.5. The van der Waals surface area contributed by atoms with Gasteiger partial charge in [-0.25, -0.2) is 0 Å². The molecule has 2 aliphatic heterocycles. The third kappa shape index (κ3) is 3.94. The summed E-state index contributed by atoms with van der Waals surface area (Å²) in [5.41, 5.74) is 0. The summed E-state index contributed by atoms with van der Waals surface area (Å²) in [5, 5.41) is 3.66. The van der Waals surface area contributed by atoms with Crippen LogP contribution in [0.25, 0.3) is 0 Å². The number of piperidine rings is 1. The predicted molar refractivity (Wildman–Crippen MR) is 71.3 cm³/mol. The molecule has 17 heavy (non-hydrogen) atoms. The lowest BCUT2D eigenvalue weighted by molar-refractivity contribution is -0.0186. The highest BCUT2D eigenvalue weighted by Gasteiger charge is 2.26. The van der Waals surface area contributed by atoms with Crippen molar-refractivity contribution in [1.29, 1.82) is 0 Å². The van der Waals surface area contributed by atoms with E-state index in [2.05, 4.69) is 24.1 Å². The highest BCUT2D eigenvalue weighted by molar-refractivity contribution is 4.82. The molecule has 0 spiro atoms.